The number of thiazole rings is 1. The smallest absolute Gasteiger partial charge is 0.338 e. The van der Waals surface area contributed by atoms with Crippen LogP contribution in [0.5, 0.6) is 5.75 Å². The zero-order valence-electron chi connectivity index (χ0n) is 19.3. The summed E-state index contributed by atoms with van der Waals surface area (Å²) >= 11 is 1.17. The molecule has 0 saturated carbocycles. The van der Waals surface area contributed by atoms with Gasteiger partial charge in [0.2, 0.25) is 4.96 Å². The Bertz CT molecular complexity index is 1700. The Balaban J connectivity index is 1.43. The Hall–Kier alpha value is -4.57. The third-order valence-corrected chi connectivity index (χ3v) is 6.10. The number of para-hydroxylation sites is 1. The normalized spacial score (nSPS) is 11.7. The zero-order valence-corrected chi connectivity index (χ0v) is 20.1. The van der Waals surface area contributed by atoms with E-state index in [9.17, 15) is 14.4 Å². The topological polar surface area (TPSA) is 113 Å². The highest BCUT2D eigenvalue weighted by Gasteiger charge is 2.16. The molecule has 2 aromatic carbocycles. The van der Waals surface area contributed by atoms with Crippen molar-refractivity contribution in [3.8, 4) is 28.5 Å². The second-order valence-electron chi connectivity index (χ2n) is 7.64. The minimum Gasteiger partial charge on any atom is -0.462 e. The molecule has 3 aromatic heterocycles. The van der Waals surface area contributed by atoms with Crippen molar-refractivity contribution >= 4 is 34.3 Å². The van der Waals surface area contributed by atoms with Gasteiger partial charge in [-0.05, 0) is 43.3 Å². The third-order valence-electron chi connectivity index (χ3n) is 5.14. The minimum absolute atomic E-state index is 0.285. The van der Waals surface area contributed by atoms with E-state index < -0.39 is 5.97 Å². The number of carbonyl (C=O) groups excluding carboxylic acids is 2. The molecule has 0 atom stereocenters. The maximum Gasteiger partial charge on any atom is 0.338 e. The molecule has 0 aliphatic rings. The van der Waals surface area contributed by atoms with Crippen LogP contribution in [0.3, 0.4) is 0 Å². The first-order chi connectivity index (χ1) is 17.4. The van der Waals surface area contributed by atoms with E-state index in [-0.39, 0.29) is 17.4 Å². The molecule has 5 aromatic rings. The lowest BCUT2D eigenvalue weighted by atomic mass is 10.1. The van der Waals surface area contributed by atoms with Crippen molar-refractivity contribution < 1.29 is 23.5 Å². The third kappa shape index (κ3) is 4.53. The van der Waals surface area contributed by atoms with Crippen LogP contribution in [0.25, 0.3) is 33.7 Å². The molecule has 0 fully saturated rings. The molecule has 0 amide bonds. The van der Waals surface area contributed by atoms with Crippen LogP contribution in [-0.2, 0) is 9.53 Å². The van der Waals surface area contributed by atoms with Crippen molar-refractivity contribution in [3.05, 3.63) is 86.9 Å². The minimum atomic E-state index is -0.461. The number of hydrogen-bond acceptors (Lipinski definition) is 9. The van der Waals surface area contributed by atoms with Crippen LogP contribution in [-0.4, -0.2) is 33.1 Å². The second-order valence-corrected chi connectivity index (χ2v) is 8.64. The van der Waals surface area contributed by atoms with Crippen molar-refractivity contribution in [1.29, 1.82) is 0 Å². The number of aromatic nitrogens is 3. The van der Waals surface area contributed by atoms with Crippen LogP contribution >= 0.6 is 11.3 Å². The number of fused-ring (bicyclic) bond motifs is 1. The molecule has 0 N–H and O–H groups in total. The predicted molar refractivity (Wildman–Crippen MR) is 133 cm³/mol. The molecule has 5 rings (SSSR count). The second kappa shape index (κ2) is 9.59. The lowest BCUT2D eigenvalue weighted by Gasteiger charge is -2.04. The quantitative estimate of drug-likeness (QED) is 0.256. The fourth-order valence-electron chi connectivity index (χ4n) is 3.54. The van der Waals surface area contributed by atoms with Crippen LogP contribution in [0, 0.1) is 0 Å². The molecule has 10 heteroatoms. The van der Waals surface area contributed by atoms with Crippen LogP contribution in [0.15, 0.2) is 69.9 Å². The molecule has 0 aliphatic heterocycles. The van der Waals surface area contributed by atoms with Gasteiger partial charge in [-0.1, -0.05) is 35.6 Å². The molecule has 36 heavy (non-hydrogen) atoms. The highest BCUT2D eigenvalue weighted by atomic mass is 32.1. The van der Waals surface area contributed by atoms with Gasteiger partial charge in [-0.15, -0.1) is 5.10 Å². The average Bonchev–Trinajstić information content (AvgIpc) is 3.57. The van der Waals surface area contributed by atoms with Crippen molar-refractivity contribution in [2.75, 3.05) is 6.61 Å². The lowest BCUT2D eigenvalue weighted by molar-refractivity contribution is -0.131. The number of ether oxygens (including phenoxy) is 2. The molecule has 0 bridgehead atoms. The SMILES string of the molecule is CCOC(=O)c1ccc(-c2ccc(/C=c3\sc4nc(-c5ccccc5OC(C)=O)nn4c3=O)o2)cc1. The first-order valence-electron chi connectivity index (χ1n) is 11.0. The fraction of sp³-hybridized carbons (Fsp3) is 0.115. The molecular weight excluding hydrogens is 482 g/mol. The van der Waals surface area contributed by atoms with Crippen molar-refractivity contribution in [2.24, 2.45) is 0 Å². The van der Waals surface area contributed by atoms with Crippen LogP contribution in [0.1, 0.15) is 30.0 Å². The Morgan fingerprint density at radius 1 is 1.08 bits per heavy atom. The van der Waals surface area contributed by atoms with Gasteiger partial charge in [0, 0.05) is 18.6 Å². The van der Waals surface area contributed by atoms with Gasteiger partial charge in [0.1, 0.15) is 21.8 Å². The molecule has 3 heterocycles. The van der Waals surface area contributed by atoms with Crippen LogP contribution < -0.4 is 14.8 Å². The van der Waals surface area contributed by atoms with E-state index in [1.807, 2.05) is 0 Å². The number of benzene rings is 2. The summed E-state index contributed by atoms with van der Waals surface area (Å²) in [6.07, 6.45) is 1.63. The highest BCUT2D eigenvalue weighted by Crippen LogP contribution is 2.28. The molecule has 0 spiro atoms. The van der Waals surface area contributed by atoms with E-state index >= 15 is 0 Å². The Morgan fingerprint density at radius 2 is 1.86 bits per heavy atom. The van der Waals surface area contributed by atoms with Gasteiger partial charge in [0.15, 0.2) is 5.82 Å². The van der Waals surface area contributed by atoms with Crippen molar-refractivity contribution in [1.82, 2.24) is 14.6 Å². The van der Waals surface area contributed by atoms with E-state index in [0.29, 0.717) is 44.5 Å². The molecule has 0 aliphatic carbocycles. The van der Waals surface area contributed by atoms with Gasteiger partial charge in [-0.3, -0.25) is 9.59 Å². The van der Waals surface area contributed by atoms with Crippen LogP contribution in [0.4, 0.5) is 0 Å². The number of carbonyl (C=O) groups is 2. The largest absolute Gasteiger partial charge is 0.462 e. The number of rotatable bonds is 6. The Morgan fingerprint density at radius 3 is 2.58 bits per heavy atom. The van der Waals surface area contributed by atoms with E-state index in [4.69, 9.17) is 13.9 Å². The molecule has 0 saturated heterocycles. The molecule has 0 radical (unpaired) electrons. The molecule has 9 nitrogen and oxygen atoms in total. The maximum atomic E-state index is 12.9. The van der Waals surface area contributed by atoms with Crippen LogP contribution in [0.2, 0.25) is 0 Å². The summed E-state index contributed by atoms with van der Waals surface area (Å²) in [6, 6.07) is 17.3. The average molecular weight is 502 g/mol. The monoisotopic (exact) mass is 501 g/mol. The van der Waals surface area contributed by atoms with Gasteiger partial charge in [-0.25, -0.2) is 4.79 Å². The highest BCUT2D eigenvalue weighted by molar-refractivity contribution is 7.15. The number of esters is 2. The van der Waals surface area contributed by atoms with E-state index in [2.05, 4.69) is 10.1 Å². The summed E-state index contributed by atoms with van der Waals surface area (Å²) in [7, 11) is 0. The summed E-state index contributed by atoms with van der Waals surface area (Å²) in [6.45, 7) is 3.38. The summed E-state index contributed by atoms with van der Waals surface area (Å²) in [4.78, 5) is 41.0. The van der Waals surface area contributed by atoms with Gasteiger partial charge in [-0.2, -0.15) is 9.50 Å². The maximum absolute atomic E-state index is 12.9. The van der Waals surface area contributed by atoms with Gasteiger partial charge >= 0.3 is 11.9 Å². The van der Waals surface area contributed by atoms with Gasteiger partial charge in [0.25, 0.3) is 5.56 Å². The standard InChI is InChI=1S/C26H19N3O6S/c1-3-33-25(32)17-10-8-16(9-11-17)20-13-12-18(35-20)14-22-24(31)29-26(36-22)27-23(28-29)19-6-4-5-7-21(19)34-15(2)30/h4-14H,3H2,1-2H3/b22-14-. The lowest BCUT2D eigenvalue weighted by Crippen LogP contribution is -2.23. The van der Waals surface area contributed by atoms with Gasteiger partial charge < -0.3 is 13.9 Å². The van der Waals surface area contributed by atoms with Crippen molar-refractivity contribution in [3.63, 3.8) is 0 Å². The molecule has 0 unspecified atom stereocenters. The van der Waals surface area contributed by atoms with E-state index in [1.165, 1.54) is 22.8 Å². The van der Waals surface area contributed by atoms with Crippen molar-refractivity contribution in [2.45, 2.75) is 13.8 Å². The summed E-state index contributed by atoms with van der Waals surface area (Å²) in [5.74, 6) is 0.844. The number of furan rings is 1. The Kier molecular flexibility index (Phi) is 6.17. The Labute approximate surface area is 208 Å². The summed E-state index contributed by atoms with van der Waals surface area (Å²) < 4.78 is 17.7. The number of hydrogen-bond donors (Lipinski definition) is 0. The first kappa shape index (κ1) is 23.2. The predicted octanol–water partition coefficient (Wildman–Crippen LogP) is 3.73. The van der Waals surface area contributed by atoms with Gasteiger partial charge in [0.05, 0.1) is 17.7 Å². The first-order valence-corrected chi connectivity index (χ1v) is 11.8. The summed E-state index contributed by atoms with van der Waals surface area (Å²) in [5, 5.41) is 4.32. The fourth-order valence-corrected chi connectivity index (χ4v) is 4.43. The number of nitrogens with zero attached hydrogens (tertiary/aromatic N) is 3. The van der Waals surface area contributed by atoms with E-state index in [0.717, 1.165) is 5.56 Å². The summed E-state index contributed by atoms with van der Waals surface area (Å²) in [5.41, 5.74) is 1.41. The molecule has 180 valence electrons. The molecular formula is C26H19N3O6S. The van der Waals surface area contributed by atoms with E-state index in [1.54, 1.807) is 73.7 Å². The zero-order chi connectivity index (χ0) is 25.2.